The number of amides is 1. The molecule has 1 aliphatic rings. The second-order valence-electron chi connectivity index (χ2n) is 5.16. The van der Waals surface area contributed by atoms with E-state index in [2.05, 4.69) is 10.6 Å². The lowest BCUT2D eigenvalue weighted by atomic mass is 10.2. The Morgan fingerprint density at radius 2 is 2.29 bits per heavy atom. The number of halogens is 2. The van der Waals surface area contributed by atoms with E-state index in [0.717, 1.165) is 6.54 Å². The molecule has 24 heavy (non-hydrogen) atoms. The molecule has 6 nitrogen and oxygen atoms in total. The zero-order valence-corrected chi connectivity index (χ0v) is 15.3. The van der Waals surface area contributed by atoms with Crippen LogP contribution in [0.5, 0.6) is 5.75 Å². The lowest BCUT2D eigenvalue weighted by Gasteiger charge is -2.23. The number of rotatable bonds is 8. The average Bonchev–Trinajstić information content (AvgIpc) is 2.54. The van der Waals surface area contributed by atoms with E-state index in [1.165, 1.54) is 0 Å². The summed E-state index contributed by atoms with van der Waals surface area (Å²) in [5, 5.41) is 6.64. The van der Waals surface area contributed by atoms with Crippen molar-refractivity contribution in [2.45, 2.75) is 19.4 Å². The van der Waals surface area contributed by atoms with Crippen molar-refractivity contribution in [3.8, 4) is 5.75 Å². The molecule has 1 amide bonds. The van der Waals surface area contributed by atoms with Crippen LogP contribution < -0.4 is 15.4 Å². The third-order valence-electron chi connectivity index (χ3n) is 3.34. The molecular weight excluding hydrogens is 355 g/mol. The van der Waals surface area contributed by atoms with Crippen LogP contribution in [0.4, 0.5) is 5.69 Å². The monoisotopic (exact) mass is 378 g/mol. The van der Waals surface area contributed by atoms with E-state index in [4.69, 9.17) is 25.8 Å². The zero-order chi connectivity index (χ0) is 16.5. The highest BCUT2D eigenvalue weighted by Gasteiger charge is 2.18. The maximum absolute atomic E-state index is 12.2. The number of ether oxygens (including phenoxy) is 3. The molecule has 136 valence electrons. The number of hydrogen-bond donors (Lipinski definition) is 2. The number of morpholine rings is 1. The standard InChI is InChI=1S/C16H23ClN2O4.ClH/c1-2-21-7-8-23-15-4-3-12(17)9-14(15)19-16(20)10-13-11-22-6-5-18-13;/h3-4,9,13,18H,2,5-8,10-11H2,1H3,(H,19,20);1H. The van der Waals surface area contributed by atoms with Gasteiger partial charge in [-0.1, -0.05) is 11.6 Å². The van der Waals surface area contributed by atoms with Crippen LogP contribution in [0, 0.1) is 0 Å². The first-order valence-corrected chi connectivity index (χ1v) is 8.18. The van der Waals surface area contributed by atoms with Gasteiger partial charge in [-0.15, -0.1) is 12.4 Å². The van der Waals surface area contributed by atoms with E-state index in [-0.39, 0.29) is 24.4 Å². The van der Waals surface area contributed by atoms with Gasteiger partial charge in [0.25, 0.3) is 0 Å². The van der Waals surface area contributed by atoms with Gasteiger partial charge in [0.1, 0.15) is 12.4 Å². The Morgan fingerprint density at radius 3 is 3.00 bits per heavy atom. The highest BCUT2D eigenvalue weighted by molar-refractivity contribution is 6.31. The van der Waals surface area contributed by atoms with Gasteiger partial charge < -0.3 is 24.8 Å². The topological polar surface area (TPSA) is 68.8 Å². The van der Waals surface area contributed by atoms with Crippen molar-refractivity contribution in [2.75, 3.05) is 44.9 Å². The molecule has 1 aromatic rings. The minimum Gasteiger partial charge on any atom is -0.489 e. The van der Waals surface area contributed by atoms with E-state index in [0.29, 0.717) is 55.9 Å². The molecular formula is C16H24Cl2N2O4. The van der Waals surface area contributed by atoms with Crippen molar-refractivity contribution in [1.29, 1.82) is 0 Å². The summed E-state index contributed by atoms with van der Waals surface area (Å²) in [6, 6.07) is 5.18. The molecule has 2 N–H and O–H groups in total. The van der Waals surface area contributed by atoms with Crippen LogP contribution in [0.2, 0.25) is 5.02 Å². The van der Waals surface area contributed by atoms with Crippen molar-refractivity contribution in [3.63, 3.8) is 0 Å². The number of carbonyl (C=O) groups is 1. The van der Waals surface area contributed by atoms with E-state index in [1.54, 1.807) is 18.2 Å². The van der Waals surface area contributed by atoms with Crippen LogP contribution in [-0.4, -0.2) is 51.5 Å². The van der Waals surface area contributed by atoms with Gasteiger partial charge in [0.15, 0.2) is 0 Å². The van der Waals surface area contributed by atoms with Gasteiger partial charge in [-0.25, -0.2) is 0 Å². The predicted octanol–water partition coefficient (Wildman–Crippen LogP) is 2.49. The molecule has 1 aromatic carbocycles. The number of nitrogens with one attached hydrogen (secondary N) is 2. The highest BCUT2D eigenvalue weighted by atomic mass is 35.5. The molecule has 0 bridgehead atoms. The smallest absolute Gasteiger partial charge is 0.226 e. The molecule has 0 aromatic heterocycles. The van der Waals surface area contributed by atoms with Crippen LogP contribution >= 0.6 is 24.0 Å². The molecule has 1 fully saturated rings. The summed E-state index contributed by atoms with van der Waals surface area (Å²) < 4.78 is 16.2. The average molecular weight is 379 g/mol. The van der Waals surface area contributed by atoms with Gasteiger partial charge in [0.2, 0.25) is 5.91 Å². The molecule has 0 radical (unpaired) electrons. The fourth-order valence-corrected chi connectivity index (χ4v) is 2.43. The first kappa shape index (κ1) is 21.0. The molecule has 8 heteroatoms. The van der Waals surface area contributed by atoms with Crippen LogP contribution in [0.1, 0.15) is 13.3 Å². The summed E-state index contributed by atoms with van der Waals surface area (Å²) in [4.78, 5) is 12.2. The summed E-state index contributed by atoms with van der Waals surface area (Å²) in [7, 11) is 0. The van der Waals surface area contributed by atoms with Crippen molar-refractivity contribution in [3.05, 3.63) is 23.2 Å². The molecule has 1 unspecified atom stereocenters. The Morgan fingerprint density at radius 1 is 1.46 bits per heavy atom. The van der Waals surface area contributed by atoms with Gasteiger partial charge in [0.05, 0.1) is 25.5 Å². The maximum Gasteiger partial charge on any atom is 0.226 e. The summed E-state index contributed by atoms with van der Waals surface area (Å²) in [6.45, 7) is 5.47. The minimum atomic E-state index is -0.107. The normalized spacial score (nSPS) is 17.0. The van der Waals surface area contributed by atoms with E-state index in [9.17, 15) is 4.79 Å². The van der Waals surface area contributed by atoms with Crippen LogP contribution in [0.25, 0.3) is 0 Å². The van der Waals surface area contributed by atoms with Crippen LogP contribution in [0.15, 0.2) is 18.2 Å². The number of hydrogen-bond acceptors (Lipinski definition) is 5. The first-order chi connectivity index (χ1) is 11.2. The fraction of sp³-hybridized carbons (Fsp3) is 0.562. The second kappa shape index (κ2) is 11.5. The Bertz CT molecular complexity index is 511. The zero-order valence-electron chi connectivity index (χ0n) is 13.7. The lowest BCUT2D eigenvalue weighted by molar-refractivity contribution is -0.117. The summed E-state index contributed by atoms with van der Waals surface area (Å²) in [6.07, 6.45) is 0.338. The second-order valence-corrected chi connectivity index (χ2v) is 5.60. The fourth-order valence-electron chi connectivity index (χ4n) is 2.26. The van der Waals surface area contributed by atoms with Crippen molar-refractivity contribution in [1.82, 2.24) is 5.32 Å². The van der Waals surface area contributed by atoms with E-state index in [1.807, 2.05) is 6.92 Å². The molecule has 1 saturated heterocycles. The predicted molar refractivity (Wildman–Crippen MR) is 96.5 cm³/mol. The maximum atomic E-state index is 12.2. The molecule has 1 heterocycles. The SMILES string of the molecule is CCOCCOc1ccc(Cl)cc1NC(=O)CC1COCCN1.Cl. The minimum absolute atomic E-state index is 0. The van der Waals surface area contributed by atoms with E-state index < -0.39 is 0 Å². The van der Waals surface area contributed by atoms with Gasteiger partial charge >= 0.3 is 0 Å². The molecule has 0 spiro atoms. The first-order valence-electron chi connectivity index (χ1n) is 7.80. The van der Waals surface area contributed by atoms with Crippen LogP contribution in [0.3, 0.4) is 0 Å². The summed E-state index contributed by atoms with van der Waals surface area (Å²) in [5.74, 6) is 0.472. The highest BCUT2D eigenvalue weighted by Crippen LogP contribution is 2.28. The number of benzene rings is 1. The largest absolute Gasteiger partial charge is 0.489 e. The molecule has 1 aliphatic heterocycles. The Labute approximate surface area is 153 Å². The Kier molecular flexibility index (Phi) is 10.1. The molecule has 1 atom stereocenters. The Balaban J connectivity index is 0.00000288. The van der Waals surface area contributed by atoms with Crippen molar-refractivity contribution in [2.24, 2.45) is 0 Å². The number of anilines is 1. The summed E-state index contributed by atoms with van der Waals surface area (Å²) in [5.41, 5.74) is 0.565. The molecule has 2 rings (SSSR count). The van der Waals surface area contributed by atoms with Crippen molar-refractivity contribution >= 4 is 35.6 Å². The van der Waals surface area contributed by atoms with Gasteiger partial charge in [0, 0.05) is 30.6 Å². The van der Waals surface area contributed by atoms with Gasteiger partial charge in [-0.05, 0) is 25.1 Å². The third kappa shape index (κ3) is 7.23. The van der Waals surface area contributed by atoms with Gasteiger partial charge in [-0.2, -0.15) is 0 Å². The molecule has 0 aliphatic carbocycles. The van der Waals surface area contributed by atoms with Crippen molar-refractivity contribution < 1.29 is 19.0 Å². The summed E-state index contributed by atoms with van der Waals surface area (Å²) >= 11 is 6.01. The van der Waals surface area contributed by atoms with Crippen LogP contribution in [-0.2, 0) is 14.3 Å². The molecule has 0 saturated carbocycles. The van der Waals surface area contributed by atoms with E-state index >= 15 is 0 Å². The quantitative estimate of drug-likeness (QED) is 0.680. The third-order valence-corrected chi connectivity index (χ3v) is 3.57. The Hall–Kier alpha value is -1.05. The lowest BCUT2D eigenvalue weighted by Crippen LogP contribution is -2.43. The number of carbonyl (C=O) groups excluding carboxylic acids is 1. The van der Waals surface area contributed by atoms with Gasteiger partial charge in [-0.3, -0.25) is 4.79 Å².